The molecule has 0 radical (unpaired) electrons. The third-order valence-electron chi connectivity index (χ3n) is 2.94. The van der Waals surface area contributed by atoms with Gasteiger partial charge >= 0.3 is 0 Å². The van der Waals surface area contributed by atoms with Crippen LogP contribution in [0.3, 0.4) is 0 Å². The van der Waals surface area contributed by atoms with Gasteiger partial charge in [0.2, 0.25) is 0 Å². The summed E-state index contributed by atoms with van der Waals surface area (Å²) in [7, 11) is 0. The molecule has 0 aliphatic carbocycles. The van der Waals surface area contributed by atoms with Crippen molar-refractivity contribution in [1.82, 2.24) is 0 Å². The zero-order chi connectivity index (χ0) is 11.9. The standard InChI is InChI=1S/C12H25NO2/c1-10(2)7-9(12(5,6)15-10)14-11(3,4)8-13/h9H,7-8,13H2,1-6H3. The van der Waals surface area contributed by atoms with Crippen molar-refractivity contribution in [3.8, 4) is 0 Å². The maximum absolute atomic E-state index is 6.05. The highest BCUT2D eigenvalue weighted by Crippen LogP contribution is 2.40. The van der Waals surface area contributed by atoms with E-state index in [1.807, 2.05) is 13.8 Å². The lowest BCUT2D eigenvalue weighted by atomic mass is 9.96. The monoisotopic (exact) mass is 215 g/mol. The lowest BCUT2D eigenvalue weighted by molar-refractivity contribution is -0.138. The quantitative estimate of drug-likeness (QED) is 0.784. The highest BCUT2D eigenvalue weighted by Gasteiger charge is 2.48. The molecular formula is C12H25NO2. The summed E-state index contributed by atoms with van der Waals surface area (Å²) in [4.78, 5) is 0. The summed E-state index contributed by atoms with van der Waals surface area (Å²) in [6, 6.07) is 0. The Kier molecular flexibility index (Phi) is 3.21. The van der Waals surface area contributed by atoms with Gasteiger partial charge in [-0.3, -0.25) is 0 Å². The Morgan fingerprint density at radius 2 is 1.87 bits per heavy atom. The summed E-state index contributed by atoms with van der Waals surface area (Å²) in [6.45, 7) is 12.9. The average Bonchev–Trinajstić information content (AvgIpc) is 2.18. The molecule has 1 rings (SSSR count). The minimum absolute atomic E-state index is 0.0984. The van der Waals surface area contributed by atoms with Gasteiger partial charge in [-0.25, -0.2) is 0 Å². The van der Waals surface area contributed by atoms with E-state index in [0.29, 0.717) is 6.54 Å². The molecule has 0 bridgehead atoms. The molecule has 1 atom stereocenters. The Balaban J connectivity index is 2.71. The second kappa shape index (κ2) is 3.72. The second-order valence-corrected chi connectivity index (χ2v) is 6.24. The second-order valence-electron chi connectivity index (χ2n) is 6.24. The van der Waals surface area contributed by atoms with Crippen LogP contribution < -0.4 is 5.73 Å². The van der Waals surface area contributed by atoms with E-state index in [-0.39, 0.29) is 22.9 Å². The largest absolute Gasteiger partial charge is 0.368 e. The maximum Gasteiger partial charge on any atom is 0.0895 e. The molecular weight excluding hydrogens is 190 g/mol. The van der Waals surface area contributed by atoms with Crippen molar-refractivity contribution < 1.29 is 9.47 Å². The van der Waals surface area contributed by atoms with Gasteiger partial charge in [-0.05, 0) is 41.5 Å². The summed E-state index contributed by atoms with van der Waals surface area (Å²) in [6.07, 6.45) is 1.04. The Morgan fingerprint density at radius 1 is 1.33 bits per heavy atom. The van der Waals surface area contributed by atoms with E-state index in [1.54, 1.807) is 0 Å². The summed E-state index contributed by atoms with van der Waals surface area (Å²) in [5, 5.41) is 0. The minimum Gasteiger partial charge on any atom is -0.368 e. The molecule has 0 spiro atoms. The molecule has 1 saturated heterocycles. The van der Waals surface area contributed by atoms with Crippen molar-refractivity contribution in [2.24, 2.45) is 5.73 Å². The lowest BCUT2D eigenvalue weighted by Gasteiger charge is -2.33. The van der Waals surface area contributed by atoms with Gasteiger partial charge in [0.1, 0.15) is 0 Å². The van der Waals surface area contributed by atoms with Crippen molar-refractivity contribution >= 4 is 0 Å². The van der Waals surface area contributed by atoms with Crippen LogP contribution in [0.2, 0.25) is 0 Å². The first-order chi connectivity index (χ1) is 6.58. The van der Waals surface area contributed by atoms with Crippen LogP contribution in [0.15, 0.2) is 0 Å². The van der Waals surface area contributed by atoms with E-state index in [0.717, 1.165) is 6.42 Å². The average molecular weight is 215 g/mol. The number of hydrogen-bond donors (Lipinski definition) is 1. The normalized spacial score (nSPS) is 29.4. The van der Waals surface area contributed by atoms with E-state index in [1.165, 1.54) is 0 Å². The molecule has 15 heavy (non-hydrogen) atoms. The van der Waals surface area contributed by atoms with Crippen molar-refractivity contribution in [1.29, 1.82) is 0 Å². The highest BCUT2D eigenvalue weighted by atomic mass is 16.6. The zero-order valence-corrected chi connectivity index (χ0v) is 10.9. The molecule has 3 heteroatoms. The Bertz CT molecular complexity index is 234. The van der Waals surface area contributed by atoms with Gasteiger partial charge in [0.15, 0.2) is 0 Å². The fourth-order valence-electron chi connectivity index (χ4n) is 2.13. The van der Waals surface area contributed by atoms with Crippen LogP contribution in [0.25, 0.3) is 0 Å². The molecule has 1 aliphatic heterocycles. The first-order valence-electron chi connectivity index (χ1n) is 5.66. The Hall–Kier alpha value is -0.120. The fraction of sp³-hybridized carbons (Fsp3) is 1.00. The molecule has 3 nitrogen and oxygen atoms in total. The molecule has 2 N–H and O–H groups in total. The molecule has 1 fully saturated rings. The number of hydrogen-bond acceptors (Lipinski definition) is 3. The van der Waals surface area contributed by atoms with Gasteiger partial charge in [0.25, 0.3) is 0 Å². The first kappa shape index (κ1) is 12.9. The van der Waals surface area contributed by atoms with Gasteiger partial charge < -0.3 is 15.2 Å². The lowest BCUT2D eigenvalue weighted by Crippen LogP contribution is -2.44. The zero-order valence-electron chi connectivity index (χ0n) is 10.9. The van der Waals surface area contributed by atoms with Crippen LogP contribution in [0, 0.1) is 0 Å². The van der Waals surface area contributed by atoms with Crippen molar-refractivity contribution in [3.63, 3.8) is 0 Å². The molecule has 1 aliphatic rings. The number of nitrogens with two attached hydrogens (primary N) is 1. The van der Waals surface area contributed by atoms with Gasteiger partial charge in [-0.1, -0.05) is 0 Å². The fourth-order valence-corrected chi connectivity index (χ4v) is 2.13. The summed E-state index contributed by atoms with van der Waals surface area (Å²) in [5.41, 5.74) is 5.08. The molecule has 1 unspecified atom stereocenters. The van der Waals surface area contributed by atoms with Crippen molar-refractivity contribution in [2.75, 3.05) is 6.54 Å². The summed E-state index contributed by atoms with van der Waals surface area (Å²) < 4.78 is 12.0. The van der Waals surface area contributed by atoms with Crippen molar-refractivity contribution in [3.05, 3.63) is 0 Å². The number of rotatable bonds is 3. The molecule has 90 valence electrons. The molecule has 0 aromatic carbocycles. The molecule has 0 aromatic rings. The van der Waals surface area contributed by atoms with Gasteiger partial charge in [-0.15, -0.1) is 0 Å². The van der Waals surface area contributed by atoms with Crippen LogP contribution >= 0.6 is 0 Å². The molecule has 0 saturated carbocycles. The van der Waals surface area contributed by atoms with Crippen LogP contribution in [0.4, 0.5) is 0 Å². The van der Waals surface area contributed by atoms with Crippen molar-refractivity contribution in [2.45, 2.75) is 70.9 Å². The van der Waals surface area contributed by atoms with Crippen LogP contribution in [0.5, 0.6) is 0 Å². The predicted molar refractivity (Wildman–Crippen MR) is 61.9 cm³/mol. The first-order valence-corrected chi connectivity index (χ1v) is 5.66. The molecule has 1 heterocycles. The topological polar surface area (TPSA) is 44.5 Å². The van der Waals surface area contributed by atoms with Gasteiger partial charge in [-0.2, -0.15) is 0 Å². The van der Waals surface area contributed by atoms with E-state index < -0.39 is 0 Å². The SMILES string of the molecule is CC(C)(CN)OC1CC(C)(C)OC1(C)C. The smallest absolute Gasteiger partial charge is 0.0895 e. The van der Waals surface area contributed by atoms with Crippen LogP contribution in [-0.4, -0.2) is 29.5 Å². The predicted octanol–water partition coefficient (Wildman–Crippen LogP) is 2.09. The summed E-state index contributed by atoms with van der Waals surface area (Å²) in [5.74, 6) is 0. The molecule has 0 aromatic heterocycles. The van der Waals surface area contributed by atoms with Crippen LogP contribution in [-0.2, 0) is 9.47 Å². The van der Waals surface area contributed by atoms with E-state index in [9.17, 15) is 0 Å². The van der Waals surface area contributed by atoms with Gasteiger partial charge in [0, 0.05) is 13.0 Å². The maximum atomic E-state index is 6.05. The number of ether oxygens (including phenoxy) is 2. The van der Waals surface area contributed by atoms with E-state index in [4.69, 9.17) is 15.2 Å². The highest BCUT2D eigenvalue weighted by molar-refractivity contribution is 4.96. The summed E-state index contributed by atoms with van der Waals surface area (Å²) >= 11 is 0. The third-order valence-corrected chi connectivity index (χ3v) is 2.94. The van der Waals surface area contributed by atoms with E-state index >= 15 is 0 Å². The minimum atomic E-state index is -0.272. The third kappa shape index (κ3) is 3.16. The van der Waals surface area contributed by atoms with Gasteiger partial charge in [0.05, 0.1) is 22.9 Å². The Morgan fingerprint density at radius 3 is 2.20 bits per heavy atom. The van der Waals surface area contributed by atoms with Crippen LogP contribution in [0.1, 0.15) is 48.0 Å². The Labute approximate surface area is 93.3 Å². The van der Waals surface area contributed by atoms with E-state index in [2.05, 4.69) is 27.7 Å². The molecule has 0 amide bonds.